The fraction of sp³-hybridized carbons (Fsp3) is 0.476. The first-order valence-electron chi connectivity index (χ1n) is 18.7. The minimum Gasteiger partial charge on any atom is -0.493 e. The van der Waals surface area contributed by atoms with Crippen molar-refractivity contribution in [3.05, 3.63) is 84.9 Å². The Morgan fingerprint density at radius 3 is 1.43 bits per heavy atom. The summed E-state index contributed by atoms with van der Waals surface area (Å²) in [5.74, 6) is 1.48. The van der Waals surface area contributed by atoms with Gasteiger partial charge in [-0.25, -0.2) is 0 Å². The van der Waals surface area contributed by atoms with E-state index in [0.717, 1.165) is 53.2 Å². The van der Waals surface area contributed by atoms with Crippen molar-refractivity contribution in [1.29, 1.82) is 0 Å². The van der Waals surface area contributed by atoms with Crippen molar-refractivity contribution in [2.24, 2.45) is 0 Å². The Labute approximate surface area is 297 Å². The molecule has 4 aromatic carbocycles. The van der Waals surface area contributed by atoms with Crippen LogP contribution in [-0.2, 0) is 10.1 Å². The van der Waals surface area contributed by atoms with E-state index in [2.05, 4.69) is 13.8 Å². The number of unbranched alkanes of at least 4 members (excludes halogenated alkanes) is 14. The largest absolute Gasteiger partial charge is 0.493 e. The molecule has 49 heavy (non-hydrogen) atoms. The molecular weight excluding hydrogens is 647 g/mol. The Kier molecular flexibility index (Phi) is 16.9. The number of hydrogen-bond acceptors (Lipinski definition) is 4. The van der Waals surface area contributed by atoms with Gasteiger partial charge in [0.1, 0.15) is 16.4 Å². The van der Waals surface area contributed by atoms with Crippen molar-refractivity contribution in [3.8, 4) is 11.5 Å². The highest BCUT2D eigenvalue weighted by molar-refractivity contribution is 7.88. The van der Waals surface area contributed by atoms with Crippen molar-refractivity contribution >= 4 is 44.7 Å². The molecule has 0 spiro atoms. The monoisotopic (exact) mass is 704 g/mol. The molecular formula is C42H57O5PS. The normalized spacial score (nSPS) is 11.8. The summed E-state index contributed by atoms with van der Waals surface area (Å²) in [6.07, 6.45) is 19.5. The highest BCUT2D eigenvalue weighted by atomic mass is 32.2. The summed E-state index contributed by atoms with van der Waals surface area (Å²) in [5, 5.41) is 3.63. The Balaban J connectivity index is 1.63. The summed E-state index contributed by atoms with van der Waals surface area (Å²) in [6, 6.07) is 27.1. The predicted octanol–water partition coefficient (Wildman–Crippen LogP) is 10.9. The standard InChI is InChI=1S/C42H57O5PS/c1-3-5-7-9-11-13-15-23-33-46-37-27-19-21-29-39(37)48(41-32-31-35-25-17-18-26-36(35)42(41)49(43,44)45)40-30-22-20-28-38(40)47-34-24-16-14-12-10-8-6-4-2/h17-22,25-32H,3-16,23-24,33-34H2,1-2H3,(H,43,44,45). The van der Waals surface area contributed by atoms with E-state index in [0.29, 0.717) is 23.9 Å². The number of ether oxygens (including phenoxy) is 2. The molecule has 0 heterocycles. The molecule has 0 saturated carbocycles. The molecule has 5 nitrogen and oxygen atoms in total. The van der Waals surface area contributed by atoms with Crippen LogP contribution in [0.1, 0.15) is 117 Å². The van der Waals surface area contributed by atoms with Crippen molar-refractivity contribution in [1.82, 2.24) is 0 Å². The molecule has 4 aromatic rings. The van der Waals surface area contributed by atoms with E-state index >= 15 is 0 Å². The summed E-state index contributed by atoms with van der Waals surface area (Å²) in [4.78, 5) is -0.0486. The van der Waals surface area contributed by atoms with Crippen LogP contribution >= 0.6 is 7.92 Å². The molecule has 0 radical (unpaired) electrons. The molecule has 0 fully saturated rings. The van der Waals surface area contributed by atoms with E-state index < -0.39 is 18.0 Å². The Morgan fingerprint density at radius 1 is 0.510 bits per heavy atom. The topological polar surface area (TPSA) is 72.8 Å². The summed E-state index contributed by atoms with van der Waals surface area (Å²) in [6.45, 7) is 5.67. The molecule has 0 aliphatic heterocycles. The van der Waals surface area contributed by atoms with Crippen LogP contribution in [0.15, 0.2) is 89.8 Å². The van der Waals surface area contributed by atoms with Crippen LogP contribution in [-0.4, -0.2) is 26.2 Å². The minimum absolute atomic E-state index is 0.0486. The van der Waals surface area contributed by atoms with Gasteiger partial charge >= 0.3 is 0 Å². The van der Waals surface area contributed by atoms with Gasteiger partial charge < -0.3 is 9.47 Å². The molecule has 7 heteroatoms. The van der Waals surface area contributed by atoms with Gasteiger partial charge in [-0.2, -0.15) is 8.42 Å². The quantitative estimate of drug-likeness (QED) is 0.0446. The first-order valence-corrected chi connectivity index (χ1v) is 21.5. The first kappa shape index (κ1) is 38.9. The second kappa shape index (κ2) is 21.3. The Bertz CT molecular complexity index is 1590. The average Bonchev–Trinajstić information content (AvgIpc) is 3.10. The van der Waals surface area contributed by atoms with Crippen LogP contribution in [0, 0.1) is 0 Å². The van der Waals surface area contributed by atoms with Gasteiger partial charge in [0.2, 0.25) is 0 Å². The van der Waals surface area contributed by atoms with Crippen LogP contribution in [0.25, 0.3) is 10.8 Å². The number of benzene rings is 4. The lowest BCUT2D eigenvalue weighted by Crippen LogP contribution is -2.27. The van der Waals surface area contributed by atoms with Crippen molar-refractivity contribution < 1.29 is 22.4 Å². The molecule has 0 amide bonds. The smallest absolute Gasteiger partial charge is 0.295 e. The van der Waals surface area contributed by atoms with Crippen LogP contribution in [0.5, 0.6) is 11.5 Å². The number of para-hydroxylation sites is 2. The summed E-state index contributed by atoms with van der Waals surface area (Å²) in [7, 11) is -6.09. The second-order valence-corrected chi connectivity index (χ2v) is 16.5. The lowest BCUT2D eigenvalue weighted by Gasteiger charge is -2.26. The van der Waals surface area contributed by atoms with Gasteiger partial charge in [0.15, 0.2) is 0 Å². The maximum absolute atomic E-state index is 13.2. The molecule has 0 unspecified atom stereocenters. The molecule has 4 rings (SSSR count). The third-order valence-corrected chi connectivity index (χ3v) is 12.7. The van der Waals surface area contributed by atoms with Gasteiger partial charge in [0.25, 0.3) is 10.1 Å². The summed E-state index contributed by atoms with van der Waals surface area (Å²) < 4.78 is 50.2. The van der Waals surface area contributed by atoms with Gasteiger partial charge in [0.05, 0.1) is 13.2 Å². The number of hydrogen-bond donors (Lipinski definition) is 1. The summed E-state index contributed by atoms with van der Waals surface area (Å²) >= 11 is 0. The zero-order valence-corrected chi connectivity index (χ0v) is 31.5. The fourth-order valence-corrected chi connectivity index (χ4v) is 10.4. The third-order valence-electron chi connectivity index (χ3n) is 9.08. The Hall–Kier alpha value is -2.92. The lowest BCUT2D eigenvalue weighted by molar-refractivity contribution is 0.306. The van der Waals surface area contributed by atoms with Gasteiger partial charge in [-0.1, -0.05) is 177 Å². The van der Waals surface area contributed by atoms with E-state index in [-0.39, 0.29) is 4.90 Å². The maximum Gasteiger partial charge on any atom is 0.295 e. The molecule has 0 aliphatic carbocycles. The van der Waals surface area contributed by atoms with Gasteiger partial charge in [-0.3, -0.25) is 4.55 Å². The zero-order chi connectivity index (χ0) is 34.7. The van der Waals surface area contributed by atoms with E-state index in [1.165, 1.54) is 77.0 Å². The highest BCUT2D eigenvalue weighted by Gasteiger charge is 2.30. The number of fused-ring (bicyclic) bond motifs is 1. The first-order chi connectivity index (χ1) is 24.0. The maximum atomic E-state index is 13.2. The lowest BCUT2D eigenvalue weighted by atomic mass is 10.1. The predicted molar refractivity (Wildman–Crippen MR) is 209 cm³/mol. The minimum atomic E-state index is -4.58. The zero-order valence-electron chi connectivity index (χ0n) is 29.7. The van der Waals surface area contributed by atoms with Crippen molar-refractivity contribution in [3.63, 3.8) is 0 Å². The fourth-order valence-electron chi connectivity index (χ4n) is 6.43. The van der Waals surface area contributed by atoms with Crippen LogP contribution < -0.4 is 25.4 Å². The second-order valence-electron chi connectivity index (χ2n) is 13.0. The SMILES string of the molecule is CCCCCCCCCCOc1ccccc1P(c1ccccc1OCCCCCCCCCC)c1ccc2ccccc2c1S(=O)(=O)O. The Morgan fingerprint density at radius 2 is 0.939 bits per heavy atom. The molecule has 0 aromatic heterocycles. The third kappa shape index (κ3) is 12.1. The highest BCUT2D eigenvalue weighted by Crippen LogP contribution is 2.43. The van der Waals surface area contributed by atoms with E-state index in [1.54, 1.807) is 6.07 Å². The van der Waals surface area contributed by atoms with Gasteiger partial charge in [-0.15, -0.1) is 0 Å². The molecule has 0 saturated heterocycles. The molecule has 0 atom stereocenters. The van der Waals surface area contributed by atoms with Crippen LogP contribution in [0.3, 0.4) is 0 Å². The average molecular weight is 705 g/mol. The van der Waals surface area contributed by atoms with Crippen molar-refractivity contribution in [2.75, 3.05) is 13.2 Å². The van der Waals surface area contributed by atoms with E-state index in [1.807, 2.05) is 78.9 Å². The van der Waals surface area contributed by atoms with E-state index in [9.17, 15) is 13.0 Å². The van der Waals surface area contributed by atoms with Crippen LogP contribution in [0.4, 0.5) is 0 Å². The molecule has 1 N–H and O–H groups in total. The van der Waals surface area contributed by atoms with Gasteiger partial charge in [0, 0.05) is 21.3 Å². The molecule has 0 aliphatic rings. The van der Waals surface area contributed by atoms with Crippen LogP contribution in [0.2, 0.25) is 0 Å². The van der Waals surface area contributed by atoms with Crippen molar-refractivity contribution in [2.45, 2.75) is 121 Å². The number of rotatable bonds is 24. The van der Waals surface area contributed by atoms with E-state index in [4.69, 9.17) is 9.47 Å². The molecule has 266 valence electrons. The summed E-state index contributed by atoms with van der Waals surface area (Å²) in [5.41, 5.74) is 0. The molecule has 0 bridgehead atoms. The van der Waals surface area contributed by atoms with Gasteiger partial charge in [-0.05, 0) is 38.3 Å².